The van der Waals surface area contributed by atoms with Gasteiger partial charge in [0.15, 0.2) is 10.0 Å². The number of methoxy groups -OCH3 is 2. The molecule has 15 heteroatoms. The Labute approximate surface area is 235 Å². The maximum absolute atomic E-state index is 13.7. The second-order valence-corrected chi connectivity index (χ2v) is 13.9. The number of sulfonamides is 1. The topological polar surface area (TPSA) is 123 Å². The smallest absolute Gasteiger partial charge is 0.291 e. The van der Waals surface area contributed by atoms with E-state index in [1.165, 1.54) is 0 Å². The molecule has 3 aliphatic rings. The number of anilines is 1. The van der Waals surface area contributed by atoms with E-state index in [9.17, 15) is 17.2 Å². The molecule has 11 nitrogen and oxygen atoms in total. The first-order valence-electron chi connectivity index (χ1n) is 13.3. The number of nitrogens with one attached hydrogen (secondary N) is 2. The van der Waals surface area contributed by atoms with Gasteiger partial charge in [-0.2, -0.15) is 5.10 Å². The maximum Gasteiger partial charge on any atom is 0.291 e. The van der Waals surface area contributed by atoms with Crippen LogP contribution in [0.15, 0.2) is 17.0 Å². The Morgan fingerprint density at radius 1 is 1.15 bits per heavy atom. The summed E-state index contributed by atoms with van der Waals surface area (Å²) < 4.78 is 69.7. The third-order valence-electron chi connectivity index (χ3n) is 7.62. The van der Waals surface area contributed by atoms with E-state index < -0.39 is 22.0 Å². The van der Waals surface area contributed by atoms with Crippen molar-refractivity contribution in [3.8, 4) is 10.6 Å². The molecule has 3 fully saturated rings. The van der Waals surface area contributed by atoms with E-state index in [4.69, 9.17) is 14.6 Å². The second kappa shape index (κ2) is 10.5. The lowest BCUT2D eigenvalue weighted by Crippen LogP contribution is -2.59. The van der Waals surface area contributed by atoms with E-state index >= 15 is 0 Å². The summed E-state index contributed by atoms with van der Waals surface area (Å²) in [4.78, 5) is 2.18. The van der Waals surface area contributed by atoms with Gasteiger partial charge in [-0.05, 0) is 38.7 Å². The highest BCUT2D eigenvalue weighted by Gasteiger charge is 2.42. The van der Waals surface area contributed by atoms with Crippen molar-refractivity contribution in [2.45, 2.75) is 67.5 Å². The quantitative estimate of drug-likeness (QED) is 0.344. The third-order valence-corrected chi connectivity index (χ3v) is 10.2. The molecular formula is C25H33F2N7O4S2. The van der Waals surface area contributed by atoms with Crippen LogP contribution in [0.1, 0.15) is 55.7 Å². The van der Waals surface area contributed by atoms with E-state index in [1.54, 1.807) is 30.9 Å². The van der Waals surface area contributed by atoms with Crippen LogP contribution in [0, 0.1) is 0 Å². The number of alkyl halides is 2. The number of hydrogen-bond donors (Lipinski definition) is 2. The predicted molar refractivity (Wildman–Crippen MR) is 146 cm³/mol. The van der Waals surface area contributed by atoms with Crippen LogP contribution in [-0.2, 0) is 19.5 Å². The van der Waals surface area contributed by atoms with Crippen LogP contribution in [0.5, 0.6) is 0 Å². The van der Waals surface area contributed by atoms with Gasteiger partial charge < -0.3 is 19.7 Å². The van der Waals surface area contributed by atoms with Crippen molar-refractivity contribution in [1.29, 1.82) is 0 Å². The van der Waals surface area contributed by atoms with Gasteiger partial charge in [0, 0.05) is 56.9 Å². The second-order valence-electron chi connectivity index (χ2n) is 11.2. The molecule has 2 aliphatic carbocycles. The van der Waals surface area contributed by atoms with Gasteiger partial charge >= 0.3 is 0 Å². The highest BCUT2D eigenvalue weighted by Crippen LogP contribution is 2.47. The maximum atomic E-state index is 13.7. The molecule has 0 amide bonds. The molecule has 3 aromatic rings. The third kappa shape index (κ3) is 5.46. The molecule has 218 valence electrons. The van der Waals surface area contributed by atoms with Crippen molar-refractivity contribution < 1.29 is 26.7 Å². The lowest BCUT2D eigenvalue weighted by molar-refractivity contribution is 0.121. The molecule has 1 saturated heterocycles. The summed E-state index contributed by atoms with van der Waals surface area (Å²) in [5, 5.41) is 16.2. The first-order chi connectivity index (χ1) is 19.1. The van der Waals surface area contributed by atoms with Crippen LogP contribution >= 0.6 is 11.3 Å². The minimum atomic E-state index is -3.89. The first-order valence-corrected chi connectivity index (χ1v) is 15.6. The number of fused-ring (bicyclic) bond motifs is 1. The van der Waals surface area contributed by atoms with Crippen LogP contribution in [-0.4, -0.2) is 86.4 Å². The number of ether oxygens (including phenoxy) is 2. The van der Waals surface area contributed by atoms with E-state index in [0.29, 0.717) is 48.2 Å². The SMILES string of the molecule is COC[C@@H]1CN(c2cc(S(=O)(=O)NC3(C)CC3)cc3c(-c4nnc(C(F)F)s4)c(C4CC4)nn23)C[C@@H](COC)N1. The zero-order valence-electron chi connectivity index (χ0n) is 22.6. The molecule has 2 saturated carbocycles. The zero-order valence-corrected chi connectivity index (χ0v) is 24.2. The summed E-state index contributed by atoms with van der Waals surface area (Å²) in [5.74, 6) is 0.741. The van der Waals surface area contributed by atoms with Crippen LogP contribution in [0.25, 0.3) is 16.1 Å². The Balaban J connectivity index is 1.54. The Kier molecular flexibility index (Phi) is 7.32. The van der Waals surface area contributed by atoms with Crippen molar-refractivity contribution in [3.05, 3.63) is 22.8 Å². The predicted octanol–water partition coefficient (Wildman–Crippen LogP) is 2.94. The van der Waals surface area contributed by atoms with Gasteiger partial charge in [-0.25, -0.2) is 26.4 Å². The molecule has 4 heterocycles. The molecule has 0 radical (unpaired) electrons. The number of hydrogen-bond acceptors (Lipinski definition) is 10. The first kappa shape index (κ1) is 27.8. The summed E-state index contributed by atoms with van der Waals surface area (Å²) in [6.45, 7) is 3.88. The molecule has 0 bridgehead atoms. The lowest BCUT2D eigenvalue weighted by Gasteiger charge is -2.39. The Bertz CT molecular complexity index is 1490. The monoisotopic (exact) mass is 597 g/mol. The molecule has 40 heavy (non-hydrogen) atoms. The molecular weight excluding hydrogens is 564 g/mol. The molecule has 2 atom stereocenters. The molecule has 0 spiro atoms. The minimum Gasteiger partial charge on any atom is -0.383 e. The van der Waals surface area contributed by atoms with Gasteiger partial charge in [0.1, 0.15) is 5.82 Å². The van der Waals surface area contributed by atoms with Crippen molar-refractivity contribution in [2.24, 2.45) is 0 Å². The molecule has 0 unspecified atom stereocenters. The zero-order chi connectivity index (χ0) is 28.2. The average Bonchev–Trinajstić information content (AvgIpc) is 3.78. The molecule has 1 aliphatic heterocycles. The van der Waals surface area contributed by atoms with Gasteiger partial charge in [-0.3, -0.25) is 0 Å². The van der Waals surface area contributed by atoms with E-state index in [1.807, 2.05) is 6.92 Å². The number of nitrogens with zero attached hydrogens (tertiary/aromatic N) is 5. The minimum absolute atomic E-state index is 0.0348. The van der Waals surface area contributed by atoms with Crippen molar-refractivity contribution in [3.63, 3.8) is 0 Å². The summed E-state index contributed by atoms with van der Waals surface area (Å²) in [6.07, 6.45) is 0.612. The highest BCUT2D eigenvalue weighted by molar-refractivity contribution is 7.89. The number of halogens is 2. The van der Waals surface area contributed by atoms with Gasteiger partial charge in [0.25, 0.3) is 6.43 Å². The molecule has 0 aromatic carbocycles. The summed E-state index contributed by atoms with van der Waals surface area (Å²) in [5.41, 5.74) is 1.33. The summed E-state index contributed by atoms with van der Waals surface area (Å²) >= 11 is 0.814. The summed E-state index contributed by atoms with van der Waals surface area (Å²) in [6, 6.07) is 3.16. The van der Waals surface area contributed by atoms with Crippen molar-refractivity contribution in [2.75, 3.05) is 45.4 Å². The Morgan fingerprint density at radius 3 is 2.38 bits per heavy atom. The fraction of sp³-hybridized carbons (Fsp3) is 0.640. The van der Waals surface area contributed by atoms with E-state index in [2.05, 4.69) is 25.1 Å². The van der Waals surface area contributed by atoms with Crippen LogP contribution in [0.2, 0.25) is 0 Å². The van der Waals surface area contributed by atoms with E-state index in [-0.39, 0.29) is 27.9 Å². The number of rotatable bonds is 11. The van der Waals surface area contributed by atoms with Crippen molar-refractivity contribution in [1.82, 2.24) is 29.9 Å². The fourth-order valence-corrected chi connectivity index (χ4v) is 7.56. The van der Waals surface area contributed by atoms with Gasteiger partial charge in [-0.15, -0.1) is 10.2 Å². The van der Waals surface area contributed by atoms with E-state index in [0.717, 1.165) is 42.7 Å². The molecule has 3 aromatic heterocycles. The fourth-order valence-electron chi connectivity index (χ4n) is 5.30. The highest BCUT2D eigenvalue weighted by atomic mass is 32.2. The number of piperazine rings is 1. The molecule has 6 rings (SSSR count). The van der Waals surface area contributed by atoms with Crippen LogP contribution in [0.3, 0.4) is 0 Å². The van der Waals surface area contributed by atoms with Gasteiger partial charge in [0.2, 0.25) is 10.0 Å². The Hall–Kier alpha value is -2.30. The van der Waals surface area contributed by atoms with Gasteiger partial charge in [0.05, 0.1) is 34.9 Å². The van der Waals surface area contributed by atoms with Crippen LogP contribution < -0.4 is 14.9 Å². The Morgan fingerprint density at radius 2 is 1.82 bits per heavy atom. The molecule has 2 N–H and O–H groups in total. The lowest BCUT2D eigenvalue weighted by atomic mass is 10.1. The standard InChI is InChI=1S/C25H33F2N7O4S2/c1-25(6-7-25)32-40(35,36)17-8-18-20(23-29-30-24(39-23)22(26)27)21(14-4-5-14)31-34(18)19(9-17)33-10-15(12-37-2)28-16(11-33)13-38-3/h8-9,14-16,22,28,32H,4-7,10-13H2,1-3H3/t15-,16-/m0/s1. The largest absolute Gasteiger partial charge is 0.383 e. The normalized spacial score (nSPS) is 22.9. The number of pyridine rings is 1. The summed E-state index contributed by atoms with van der Waals surface area (Å²) in [7, 11) is -0.618. The number of aromatic nitrogens is 4. The van der Waals surface area contributed by atoms with Crippen molar-refractivity contribution >= 4 is 32.7 Å². The van der Waals surface area contributed by atoms with Crippen LogP contribution in [0.4, 0.5) is 14.6 Å². The average molecular weight is 598 g/mol. The van der Waals surface area contributed by atoms with Gasteiger partial charge in [-0.1, -0.05) is 11.3 Å².